The largest absolute Gasteiger partial charge is 0.334 e. The molecule has 2 aromatic carbocycles. The molecule has 0 saturated heterocycles. The monoisotopic (exact) mass is 495 g/mol. The van der Waals surface area contributed by atoms with Gasteiger partial charge in [0, 0.05) is 24.2 Å². The molecule has 4 aromatic rings. The Kier molecular flexibility index (Phi) is 6.06. The van der Waals surface area contributed by atoms with Crippen LogP contribution in [0.5, 0.6) is 0 Å². The lowest BCUT2D eigenvalue weighted by Crippen LogP contribution is -2.37. The first kappa shape index (κ1) is 24.0. The summed E-state index contributed by atoms with van der Waals surface area (Å²) in [5.41, 5.74) is 3.93. The molecule has 1 aliphatic heterocycles. The number of benzene rings is 2. The molecule has 0 spiro atoms. The van der Waals surface area contributed by atoms with Crippen LogP contribution in [0.4, 0.5) is 17.6 Å². The summed E-state index contributed by atoms with van der Waals surface area (Å²) in [7, 11) is 0. The highest BCUT2D eigenvalue weighted by Crippen LogP contribution is 2.35. The van der Waals surface area contributed by atoms with E-state index in [0.29, 0.717) is 47.5 Å². The van der Waals surface area contributed by atoms with Gasteiger partial charge >= 0.3 is 0 Å². The Morgan fingerprint density at radius 3 is 2.36 bits per heavy atom. The van der Waals surface area contributed by atoms with Crippen LogP contribution >= 0.6 is 0 Å². The van der Waals surface area contributed by atoms with Crippen molar-refractivity contribution in [2.45, 2.75) is 46.1 Å². The number of carbonyl (C=O) groups excluding carboxylic acids is 1. The zero-order chi connectivity index (χ0) is 25.7. The van der Waals surface area contributed by atoms with Gasteiger partial charge in [0.2, 0.25) is 0 Å². The van der Waals surface area contributed by atoms with Crippen LogP contribution in [-0.2, 0) is 13.0 Å². The molecule has 0 unspecified atom stereocenters. The summed E-state index contributed by atoms with van der Waals surface area (Å²) in [5, 5.41) is 4.58. The molecule has 2 aromatic heterocycles. The number of nitrogens with zero attached hydrogens (tertiary/aromatic N) is 3. The lowest BCUT2D eigenvalue weighted by molar-refractivity contribution is 0.0731. The SMILES string of the molecule is Cc1nn2c(C(C)C)c(C(=O)N3CCc4cc(C(F)F)ccc4C3)ccc2c1-c1c(F)cccc1F. The van der Waals surface area contributed by atoms with E-state index in [9.17, 15) is 22.4 Å². The van der Waals surface area contributed by atoms with Crippen LogP contribution in [0.2, 0.25) is 0 Å². The Morgan fingerprint density at radius 1 is 0.972 bits per heavy atom. The van der Waals surface area contributed by atoms with E-state index in [-0.39, 0.29) is 23.0 Å². The van der Waals surface area contributed by atoms with Gasteiger partial charge in [-0.15, -0.1) is 0 Å². The third-order valence-electron chi connectivity index (χ3n) is 6.78. The van der Waals surface area contributed by atoms with Gasteiger partial charge in [-0.1, -0.05) is 32.0 Å². The number of rotatable bonds is 4. The van der Waals surface area contributed by atoms with E-state index in [0.717, 1.165) is 11.1 Å². The minimum absolute atomic E-state index is 0.0165. The van der Waals surface area contributed by atoms with Crippen LogP contribution in [0.25, 0.3) is 16.6 Å². The fourth-order valence-corrected chi connectivity index (χ4v) is 5.08. The Morgan fingerprint density at radius 2 is 1.69 bits per heavy atom. The standard InChI is InChI=1S/C28H25F4N3O/c1-15(2)26-20(28(36)34-12-11-17-13-18(27(31)32)7-8-19(17)14-34)9-10-23-24(16(3)33-35(23)26)25-21(29)5-4-6-22(25)30/h4-10,13,15,27H,11-12,14H2,1-3H3. The van der Waals surface area contributed by atoms with Gasteiger partial charge in [-0.05, 0) is 60.7 Å². The van der Waals surface area contributed by atoms with Gasteiger partial charge in [0.05, 0.1) is 28.0 Å². The van der Waals surface area contributed by atoms with E-state index in [1.54, 1.807) is 34.5 Å². The van der Waals surface area contributed by atoms with Gasteiger partial charge in [-0.25, -0.2) is 22.1 Å². The van der Waals surface area contributed by atoms with E-state index in [4.69, 9.17) is 0 Å². The summed E-state index contributed by atoms with van der Waals surface area (Å²) in [6, 6.07) is 11.7. The van der Waals surface area contributed by atoms with Gasteiger partial charge in [0.15, 0.2) is 0 Å². The molecule has 0 saturated carbocycles. The maximum atomic E-state index is 14.6. The van der Waals surface area contributed by atoms with Crippen LogP contribution in [0.15, 0.2) is 48.5 Å². The molecular formula is C28H25F4N3O. The van der Waals surface area contributed by atoms with Crippen molar-refractivity contribution >= 4 is 11.4 Å². The van der Waals surface area contributed by atoms with Crippen molar-refractivity contribution in [1.82, 2.24) is 14.5 Å². The summed E-state index contributed by atoms with van der Waals surface area (Å²) in [5.74, 6) is -1.67. The molecule has 36 heavy (non-hydrogen) atoms. The first-order valence-electron chi connectivity index (χ1n) is 11.8. The highest BCUT2D eigenvalue weighted by Gasteiger charge is 2.28. The molecule has 1 amide bonds. The molecule has 0 atom stereocenters. The smallest absolute Gasteiger partial charge is 0.263 e. The number of aromatic nitrogens is 2. The number of alkyl halides is 2. The van der Waals surface area contributed by atoms with Crippen LogP contribution < -0.4 is 0 Å². The van der Waals surface area contributed by atoms with Crippen LogP contribution in [0.1, 0.15) is 64.6 Å². The lowest BCUT2D eigenvalue weighted by Gasteiger charge is -2.30. The molecule has 8 heteroatoms. The molecular weight excluding hydrogens is 470 g/mol. The Labute approximate surface area is 206 Å². The lowest BCUT2D eigenvalue weighted by atomic mass is 9.95. The van der Waals surface area contributed by atoms with Crippen molar-refractivity contribution in [2.24, 2.45) is 0 Å². The molecule has 3 heterocycles. The topological polar surface area (TPSA) is 37.6 Å². The number of pyridine rings is 1. The van der Waals surface area contributed by atoms with Gasteiger partial charge in [0.25, 0.3) is 12.3 Å². The highest BCUT2D eigenvalue weighted by atomic mass is 19.3. The van der Waals surface area contributed by atoms with E-state index < -0.39 is 18.1 Å². The molecule has 0 fully saturated rings. The summed E-state index contributed by atoms with van der Waals surface area (Å²) in [6.45, 7) is 6.27. The highest BCUT2D eigenvalue weighted by molar-refractivity contribution is 5.97. The number of hydrogen-bond donors (Lipinski definition) is 0. The third kappa shape index (κ3) is 3.94. The van der Waals surface area contributed by atoms with Crippen molar-refractivity contribution in [3.63, 3.8) is 0 Å². The predicted octanol–water partition coefficient (Wildman–Crippen LogP) is 6.85. The van der Waals surface area contributed by atoms with E-state index >= 15 is 0 Å². The number of amides is 1. The number of aryl methyl sites for hydroxylation is 1. The van der Waals surface area contributed by atoms with Gasteiger partial charge in [-0.2, -0.15) is 5.10 Å². The second kappa shape index (κ2) is 9.08. The first-order chi connectivity index (χ1) is 17.2. The average Bonchev–Trinajstić information content (AvgIpc) is 3.17. The maximum absolute atomic E-state index is 14.6. The zero-order valence-corrected chi connectivity index (χ0v) is 20.2. The number of fused-ring (bicyclic) bond motifs is 2. The third-order valence-corrected chi connectivity index (χ3v) is 6.78. The van der Waals surface area contributed by atoms with Crippen molar-refractivity contribution < 1.29 is 22.4 Å². The Bertz CT molecular complexity index is 1470. The number of carbonyl (C=O) groups is 1. The van der Waals surface area contributed by atoms with Gasteiger partial charge in [-0.3, -0.25) is 4.79 Å². The second-order valence-corrected chi connectivity index (χ2v) is 9.45. The van der Waals surface area contributed by atoms with Crippen molar-refractivity contribution in [3.05, 3.63) is 93.8 Å². The summed E-state index contributed by atoms with van der Waals surface area (Å²) in [6.07, 6.45) is -2.05. The average molecular weight is 496 g/mol. The molecule has 0 radical (unpaired) electrons. The van der Waals surface area contributed by atoms with E-state index in [1.165, 1.54) is 30.3 Å². The molecule has 5 rings (SSSR count). The minimum atomic E-state index is -2.53. The molecule has 4 nitrogen and oxygen atoms in total. The van der Waals surface area contributed by atoms with Crippen molar-refractivity contribution in [1.29, 1.82) is 0 Å². The van der Waals surface area contributed by atoms with Gasteiger partial charge in [0.1, 0.15) is 11.6 Å². The quantitative estimate of drug-likeness (QED) is 0.291. The fraction of sp³-hybridized carbons (Fsp3) is 0.286. The van der Waals surface area contributed by atoms with Crippen molar-refractivity contribution in [3.8, 4) is 11.1 Å². The van der Waals surface area contributed by atoms with Gasteiger partial charge < -0.3 is 4.90 Å². The zero-order valence-electron chi connectivity index (χ0n) is 20.2. The van der Waals surface area contributed by atoms with Crippen molar-refractivity contribution in [2.75, 3.05) is 6.54 Å². The Balaban J connectivity index is 1.57. The van der Waals surface area contributed by atoms with E-state index in [1.807, 2.05) is 13.8 Å². The summed E-state index contributed by atoms with van der Waals surface area (Å²) >= 11 is 0. The Hall–Kier alpha value is -3.68. The summed E-state index contributed by atoms with van der Waals surface area (Å²) in [4.78, 5) is 15.4. The minimum Gasteiger partial charge on any atom is -0.334 e. The molecule has 0 N–H and O–H groups in total. The first-order valence-corrected chi connectivity index (χ1v) is 11.8. The van der Waals surface area contributed by atoms with Crippen LogP contribution in [0, 0.1) is 18.6 Å². The normalized spacial score (nSPS) is 13.6. The molecule has 1 aliphatic rings. The summed E-state index contributed by atoms with van der Waals surface area (Å²) < 4.78 is 57.1. The van der Waals surface area contributed by atoms with E-state index in [2.05, 4.69) is 5.10 Å². The molecule has 0 bridgehead atoms. The molecule has 186 valence electrons. The number of hydrogen-bond acceptors (Lipinski definition) is 2. The maximum Gasteiger partial charge on any atom is 0.263 e. The number of halogens is 4. The molecule has 0 aliphatic carbocycles. The predicted molar refractivity (Wildman–Crippen MR) is 129 cm³/mol. The second-order valence-electron chi connectivity index (χ2n) is 9.45. The van der Waals surface area contributed by atoms with Crippen LogP contribution in [0.3, 0.4) is 0 Å². The fourth-order valence-electron chi connectivity index (χ4n) is 5.08. The van der Waals surface area contributed by atoms with Crippen LogP contribution in [-0.4, -0.2) is 27.0 Å².